The molecule has 0 radical (unpaired) electrons. The van der Waals surface area contributed by atoms with Gasteiger partial charge in [0, 0.05) is 43.0 Å². The Labute approximate surface area is 217 Å². The number of methoxy groups -OCH3 is 1. The van der Waals surface area contributed by atoms with Gasteiger partial charge < -0.3 is 24.3 Å². The first-order chi connectivity index (χ1) is 17.9. The molecule has 0 fully saturated rings. The number of benzene rings is 3. The summed E-state index contributed by atoms with van der Waals surface area (Å²) < 4.78 is 11.3. The molecule has 0 aliphatic rings. The maximum Gasteiger partial charge on any atom is 0.201 e. The predicted octanol–water partition coefficient (Wildman–Crippen LogP) is 5.62. The number of unbranched alkanes of at least 4 members (excludes halogenated alkanes) is 1. The Morgan fingerprint density at radius 1 is 0.946 bits per heavy atom. The summed E-state index contributed by atoms with van der Waals surface area (Å²) in [7, 11) is 3.78. The van der Waals surface area contributed by atoms with Gasteiger partial charge in [-0.1, -0.05) is 25.1 Å². The lowest BCUT2D eigenvalue weighted by atomic mass is 10.1. The quantitative estimate of drug-likeness (QED) is 0.203. The van der Waals surface area contributed by atoms with Crippen LogP contribution in [0, 0.1) is 0 Å². The molecular weight excluding hydrogens is 468 g/mol. The van der Waals surface area contributed by atoms with Crippen molar-refractivity contribution < 1.29 is 19.4 Å². The van der Waals surface area contributed by atoms with Gasteiger partial charge in [0.2, 0.25) is 5.75 Å². The summed E-state index contributed by atoms with van der Waals surface area (Å²) in [6.07, 6.45) is 2.15. The van der Waals surface area contributed by atoms with Crippen LogP contribution in [0.5, 0.6) is 17.2 Å². The number of rotatable bonds is 11. The van der Waals surface area contributed by atoms with Gasteiger partial charge in [-0.15, -0.1) is 0 Å². The summed E-state index contributed by atoms with van der Waals surface area (Å²) in [5, 5.41) is 20.1. The first-order valence-corrected chi connectivity index (χ1v) is 12.6. The maximum absolute atomic E-state index is 12.5. The van der Waals surface area contributed by atoms with Gasteiger partial charge in [-0.05, 0) is 68.4 Å². The number of hydrogen-bond acceptors (Lipinski definition) is 7. The highest BCUT2D eigenvalue weighted by Crippen LogP contribution is 2.34. The molecule has 7 heteroatoms. The lowest BCUT2D eigenvalue weighted by molar-refractivity contribution is 0.269. The van der Waals surface area contributed by atoms with Gasteiger partial charge in [-0.25, -0.2) is 0 Å². The van der Waals surface area contributed by atoms with Gasteiger partial charge in [-0.2, -0.15) is 0 Å². The average Bonchev–Trinajstić information content (AvgIpc) is 2.92. The minimum atomic E-state index is -0.433. The third-order valence-corrected chi connectivity index (χ3v) is 6.69. The highest BCUT2D eigenvalue weighted by Gasteiger charge is 2.14. The zero-order valence-corrected chi connectivity index (χ0v) is 21.6. The van der Waals surface area contributed by atoms with E-state index in [1.54, 1.807) is 7.11 Å². The van der Waals surface area contributed by atoms with Crippen LogP contribution in [-0.4, -0.2) is 48.9 Å². The second-order valence-corrected chi connectivity index (χ2v) is 9.14. The lowest BCUT2D eigenvalue weighted by Gasteiger charge is -2.23. The topological polar surface area (TPSA) is 86.4 Å². The zero-order chi connectivity index (χ0) is 26.4. The van der Waals surface area contributed by atoms with E-state index in [1.807, 2.05) is 42.5 Å². The highest BCUT2D eigenvalue weighted by molar-refractivity contribution is 5.86. The van der Waals surface area contributed by atoms with Crippen molar-refractivity contribution in [3.05, 3.63) is 82.5 Å². The van der Waals surface area contributed by atoms with E-state index in [4.69, 9.17) is 9.15 Å². The van der Waals surface area contributed by atoms with Gasteiger partial charge in [0.1, 0.15) is 11.5 Å². The number of phenols is 2. The molecule has 37 heavy (non-hydrogen) atoms. The van der Waals surface area contributed by atoms with E-state index in [2.05, 4.69) is 29.8 Å². The summed E-state index contributed by atoms with van der Waals surface area (Å²) >= 11 is 0. The Bertz CT molecular complexity index is 1400. The summed E-state index contributed by atoms with van der Waals surface area (Å²) in [5.74, 6) is 0.508. The highest BCUT2D eigenvalue weighted by atomic mass is 16.5. The molecule has 7 nitrogen and oxygen atoms in total. The lowest BCUT2D eigenvalue weighted by Crippen LogP contribution is -2.25. The smallest absolute Gasteiger partial charge is 0.201 e. The second-order valence-electron chi connectivity index (χ2n) is 9.14. The van der Waals surface area contributed by atoms with E-state index in [9.17, 15) is 15.0 Å². The Balaban J connectivity index is 1.34. The zero-order valence-electron chi connectivity index (χ0n) is 21.6. The molecule has 4 aromatic rings. The monoisotopic (exact) mass is 502 g/mol. The van der Waals surface area contributed by atoms with Crippen molar-refractivity contribution in [2.75, 3.05) is 38.7 Å². The first-order valence-electron chi connectivity index (χ1n) is 12.6. The number of nitrogens with zero attached hydrogens (tertiary/aromatic N) is 2. The minimum absolute atomic E-state index is 0.0180. The Hall–Kier alpha value is -3.97. The fourth-order valence-electron chi connectivity index (χ4n) is 4.45. The van der Waals surface area contributed by atoms with E-state index >= 15 is 0 Å². The van der Waals surface area contributed by atoms with Crippen LogP contribution in [0.3, 0.4) is 0 Å². The number of hydrogen-bond donors (Lipinski definition) is 2. The van der Waals surface area contributed by atoms with E-state index in [0.717, 1.165) is 50.5 Å². The van der Waals surface area contributed by atoms with Crippen molar-refractivity contribution in [1.29, 1.82) is 0 Å². The molecule has 0 amide bonds. The third kappa shape index (κ3) is 6.06. The largest absolute Gasteiger partial charge is 0.504 e. The van der Waals surface area contributed by atoms with Crippen LogP contribution in [0.1, 0.15) is 25.3 Å². The SMILES string of the molecule is CCN(CCCCN(C)c1ccc(-c2cc(=O)c3ccc(O)c(O)c3o2)cc1)Cc1ccccc1OC. The molecule has 3 aromatic carbocycles. The first kappa shape index (κ1) is 26.1. The van der Waals surface area contributed by atoms with Crippen molar-refractivity contribution in [1.82, 2.24) is 4.90 Å². The van der Waals surface area contributed by atoms with Crippen LogP contribution in [0.25, 0.3) is 22.3 Å². The maximum atomic E-state index is 12.5. The van der Waals surface area contributed by atoms with E-state index in [1.165, 1.54) is 23.8 Å². The van der Waals surface area contributed by atoms with Crippen molar-refractivity contribution in [2.24, 2.45) is 0 Å². The van der Waals surface area contributed by atoms with Crippen LogP contribution in [0.4, 0.5) is 5.69 Å². The van der Waals surface area contributed by atoms with Crippen LogP contribution in [0.15, 0.2) is 75.9 Å². The normalized spacial score (nSPS) is 11.2. The van der Waals surface area contributed by atoms with Crippen molar-refractivity contribution in [3.63, 3.8) is 0 Å². The van der Waals surface area contributed by atoms with Gasteiger partial charge in [0.25, 0.3) is 0 Å². The van der Waals surface area contributed by atoms with Crippen molar-refractivity contribution >= 4 is 16.7 Å². The molecule has 4 rings (SSSR count). The number of fused-ring (bicyclic) bond motifs is 1. The predicted molar refractivity (Wildman–Crippen MR) is 148 cm³/mol. The van der Waals surface area contributed by atoms with Crippen molar-refractivity contribution in [3.8, 4) is 28.6 Å². The average molecular weight is 503 g/mol. The molecule has 0 aliphatic heterocycles. The summed E-state index contributed by atoms with van der Waals surface area (Å²) in [6.45, 7) is 5.98. The fraction of sp³-hybridized carbons (Fsp3) is 0.300. The van der Waals surface area contributed by atoms with E-state index in [0.29, 0.717) is 11.3 Å². The van der Waals surface area contributed by atoms with Gasteiger partial charge in [-0.3, -0.25) is 9.69 Å². The molecule has 1 heterocycles. The molecule has 0 atom stereocenters. The molecule has 0 unspecified atom stereocenters. The minimum Gasteiger partial charge on any atom is -0.504 e. The molecule has 2 N–H and O–H groups in total. The van der Waals surface area contributed by atoms with Crippen LogP contribution < -0.4 is 15.1 Å². The number of anilines is 1. The summed E-state index contributed by atoms with van der Waals surface area (Å²) in [5.41, 5.74) is 2.69. The van der Waals surface area contributed by atoms with Crippen LogP contribution in [-0.2, 0) is 6.54 Å². The molecule has 0 saturated heterocycles. The summed E-state index contributed by atoms with van der Waals surface area (Å²) in [6, 6.07) is 20.1. The molecule has 1 aromatic heterocycles. The Morgan fingerprint density at radius 3 is 2.41 bits per heavy atom. The third-order valence-electron chi connectivity index (χ3n) is 6.69. The Morgan fingerprint density at radius 2 is 1.68 bits per heavy atom. The number of phenolic OH excluding ortho intramolecular Hbond substituents is 2. The van der Waals surface area contributed by atoms with Gasteiger partial charge >= 0.3 is 0 Å². The summed E-state index contributed by atoms with van der Waals surface area (Å²) in [4.78, 5) is 17.1. The molecular formula is C30H34N2O5. The number of para-hydroxylation sites is 1. The van der Waals surface area contributed by atoms with Gasteiger partial charge in [0.15, 0.2) is 16.8 Å². The van der Waals surface area contributed by atoms with E-state index < -0.39 is 5.75 Å². The van der Waals surface area contributed by atoms with Gasteiger partial charge in [0.05, 0.1) is 12.5 Å². The molecule has 0 bridgehead atoms. The fourth-order valence-corrected chi connectivity index (χ4v) is 4.45. The van der Waals surface area contributed by atoms with E-state index in [-0.39, 0.29) is 22.1 Å². The molecule has 0 aliphatic carbocycles. The molecule has 194 valence electrons. The molecule has 0 saturated carbocycles. The van der Waals surface area contributed by atoms with Crippen LogP contribution in [0.2, 0.25) is 0 Å². The van der Waals surface area contributed by atoms with Crippen LogP contribution >= 0.6 is 0 Å². The number of aromatic hydroxyl groups is 2. The standard InChI is InChI=1S/C30H34N2O5/c1-4-32(20-22-9-5-6-10-27(22)36-3)18-8-7-17-31(2)23-13-11-21(12-14-23)28-19-26(34)24-15-16-25(33)29(35)30(24)37-28/h5-6,9-16,19,33,35H,4,7-8,17-18,20H2,1-3H3. The molecule has 0 spiro atoms. The number of ether oxygens (including phenoxy) is 1. The second kappa shape index (κ2) is 11.8. The van der Waals surface area contributed by atoms with Crippen molar-refractivity contribution in [2.45, 2.75) is 26.3 Å². The Kier molecular flexibility index (Phi) is 8.36.